The Labute approximate surface area is 125 Å². The van der Waals surface area contributed by atoms with Crippen LogP contribution in [0.5, 0.6) is 0 Å². The lowest BCUT2D eigenvalue weighted by atomic mass is 9.68. The topological polar surface area (TPSA) is 71.6 Å². The molecule has 6 atom stereocenters. The highest BCUT2D eigenvalue weighted by Gasteiger charge is 2.75. The minimum absolute atomic E-state index is 0.0502. The zero-order valence-electron chi connectivity index (χ0n) is 13.1. The predicted octanol–water partition coefficient (Wildman–Crippen LogP) is 1.58. The maximum Gasteiger partial charge on any atom is 0.185 e. The molecular formula is C16H24O5. The Hall–Kier alpha value is -0.750. The Morgan fingerprint density at radius 3 is 2.67 bits per heavy atom. The van der Waals surface area contributed by atoms with E-state index in [0.717, 1.165) is 6.42 Å². The van der Waals surface area contributed by atoms with Crippen molar-refractivity contribution < 1.29 is 24.1 Å². The lowest BCUT2D eigenvalue weighted by Gasteiger charge is -2.37. The average molecular weight is 296 g/mol. The van der Waals surface area contributed by atoms with E-state index in [-0.39, 0.29) is 17.8 Å². The van der Waals surface area contributed by atoms with Crippen molar-refractivity contribution in [2.75, 3.05) is 7.11 Å². The van der Waals surface area contributed by atoms with Gasteiger partial charge >= 0.3 is 0 Å². The Kier molecular flexibility index (Phi) is 3.52. The first kappa shape index (κ1) is 15.2. The molecule has 0 radical (unpaired) electrons. The molecule has 2 aliphatic heterocycles. The van der Waals surface area contributed by atoms with E-state index in [1.54, 1.807) is 7.11 Å². The summed E-state index contributed by atoms with van der Waals surface area (Å²) in [4.78, 5) is 12.2. The highest BCUT2D eigenvalue weighted by atomic mass is 16.7. The van der Waals surface area contributed by atoms with Crippen LogP contribution in [0.2, 0.25) is 0 Å². The molecule has 0 aromatic carbocycles. The Morgan fingerprint density at radius 2 is 2.14 bits per heavy atom. The normalized spacial score (nSPS) is 48.3. The minimum Gasteiger partial charge on any atom is -0.373 e. The van der Waals surface area contributed by atoms with E-state index < -0.39 is 23.6 Å². The molecule has 0 bridgehead atoms. The molecule has 118 valence electrons. The fraction of sp³-hybridized carbons (Fsp3) is 0.812. The summed E-state index contributed by atoms with van der Waals surface area (Å²) >= 11 is 0. The molecule has 0 aromatic rings. The summed E-state index contributed by atoms with van der Waals surface area (Å²) in [6.45, 7) is 6.11. The molecular weight excluding hydrogens is 272 g/mol. The van der Waals surface area contributed by atoms with Crippen LogP contribution in [0.25, 0.3) is 0 Å². The first-order chi connectivity index (χ1) is 9.85. The molecule has 2 heterocycles. The molecule has 3 fully saturated rings. The maximum atomic E-state index is 12.2. The van der Waals surface area contributed by atoms with Crippen molar-refractivity contribution in [1.29, 1.82) is 0 Å². The van der Waals surface area contributed by atoms with Crippen molar-refractivity contribution >= 4 is 5.78 Å². The number of hydrogen-bond acceptors (Lipinski definition) is 5. The number of rotatable bonds is 4. The largest absolute Gasteiger partial charge is 0.373 e. The number of carbonyl (C=O) groups excluding carboxylic acids is 1. The second-order valence-electron chi connectivity index (χ2n) is 6.83. The minimum atomic E-state index is -0.807. The number of Topliss-reactive ketones (excluding diaryl/α,β-unsaturated/α-hetero) is 1. The number of carbonyl (C=O) groups is 1. The molecule has 6 unspecified atom stereocenters. The van der Waals surface area contributed by atoms with E-state index in [1.165, 1.54) is 5.57 Å². The zero-order chi connectivity index (χ0) is 15.4. The lowest BCUT2D eigenvalue weighted by molar-refractivity contribution is -0.142. The van der Waals surface area contributed by atoms with Crippen LogP contribution in [0.1, 0.15) is 40.0 Å². The van der Waals surface area contributed by atoms with Crippen molar-refractivity contribution in [2.24, 2.45) is 5.92 Å². The van der Waals surface area contributed by atoms with Gasteiger partial charge in [0.05, 0.1) is 12.0 Å². The number of aliphatic hydroxyl groups excluding tert-OH is 1. The van der Waals surface area contributed by atoms with Crippen molar-refractivity contribution in [3.8, 4) is 0 Å². The van der Waals surface area contributed by atoms with E-state index in [0.29, 0.717) is 12.8 Å². The van der Waals surface area contributed by atoms with Crippen LogP contribution in [0, 0.1) is 5.92 Å². The van der Waals surface area contributed by atoms with Gasteiger partial charge in [0.25, 0.3) is 0 Å². The molecule has 5 heteroatoms. The number of methoxy groups -OCH3 is 1. The highest BCUT2D eigenvalue weighted by Crippen LogP contribution is 2.60. The van der Waals surface area contributed by atoms with Gasteiger partial charge in [-0.2, -0.15) is 0 Å². The number of aliphatic hydroxyl groups is 1. The molecule has 5 nitrogen and oxygen atoms in total. The van der Waals surface area contributed by atoms with Gasteiger partial charge in [0.1, 0.15) is 17.3 Å². The molecule has 1 aliphatic carbocycles. The Morgan fingerprint density at radius 1 is 1.48 bits per heavy atom. The molecule has 1 spiro atoms. The highest BCUT2D eigenvalue weighted by molar-refractivity contribution is 5.85. The molecule has 3 rings (SSSR count). The first-order valence-corrected chi connectivity index (χ1v) is 7.57. The predicted molar refractivity (Wildman–Crippen MR) is 75.7 cm³/mol. The maximum absolute atomic E-state index is 12.2. The van der Waals surface area contributed by atoms with E-state index in [4.69, 9.17) is 14.2 Å². The van der Waals surface area contributed by atoms with Gasteiger partial charge in [0.2, 0.25) is 0 Å². The third kappa shape index (κ3) is 2.27. The number of ketones is 1. The number of epoxide rings is 2. The number of allylic oxidation sites excluding steroid dienone is 1. The van der Waals surface area contributed by atoms with Crippen LogP contribution in [0.15, 0.2) is 11.6 Å². The van der Waals surface area contributed by atoms with Crippen LogP contribution in [0.4, 0.5) is 0 Å². The summed E-state index contributed by atoms with van der Waals surface area (Å²) in [5, 5.41) is 9.95. The Bertz CT molecular complexity index is 483. The second kappa shape index (κ2) is 4.88. The number of hydrogen-bond donors (Lipinski definition) is 1. The van der Waals surface area contributed by atoms with Crippen molar-refractivity contribution in [2.45, 2.75) is 69.7 Å². The summed E-state index contributed by atoms with van der Waals surface area (Å²) in [5.74, 6) is -0.171. The smallest absolute Gasteiger partial charge is 0.185 e. The van der Waals surface area contributed by atoms with Crippen LogP contribution in [-0.4, -0.2) is 47.7 Å². The van der Waals surface area contributed by atoms with Crippen molar-refractivity contribution in [3.05, 3.63) is 11.6 Å². The monoisotopic (exact) mass is 296 g/mol. The summed E-state index contributed by atoms with van der Waals surface area (Å²) in [7, 11) is 1.54. The summed E-state index contributed by atoms with van der Waals surface area (Å²) in [5.41, 5.74) is 0.108. The van der Waals surface area contributed by atoms with Gasteiger partial charge in [0.15, 0.2) is 12.1 Å². The Balaban J connectivity index is 1.83. The fourth-order valence-corrected chi connectivity index (χ4v) is 3.87. The van der Waals surface area contributed by atoms with Gasteiger partial charge in [-0.1, -0.05) is 11.6 Å². The van der Waals surface area contributed by atoms with E-state index in [2.05, 4.69) is 19.9 Å². The van der Waals surface area contributed by atoms with E-state index in [1.807, 2.05) is 6.92 Å². The van der Waals surface area contributed by atoms with Gasteiger partial charge in [-0.3, -0.25) is 4.79 Å². The van der Waals surface area contributed by atoms with Crippen LogP contribution in [0.3, 0.4) is 0 Å². The van der Waals surface area contributed by atoms with E-state index in [9.17, 15) is 9.90 Å². The van der Waals surface area contributed by atoms with Gasteiger partial charge in [0, 0.05) is 13.5 Å². The van der Waals surface area contributed by atoms with Gasteiger partial charge in [-0.25, -0.2) is 0 Å². The van der Waals surface area contributed by atoms with Gasteiger partial charge < -0.3 is 19.3 Å². The van der Waals surface area contributed by atoms with Crippen LogP contribution < -0.4 is 0 Å². The molecule has 1 saturated carbocycles. The zero-order valence-corrected chi connectivity index (χ0v) is 13.1. The summed E-state index contributed by atoms with van der Waals surface area (Å²) in [6.07, 6.45) is 2.57. The average Bonchev–Trinajstić information content (AvgIpc) is 3.27. The third-order valence-corrected chi connectivity index (χ3v) is 5.19. The lowest BCUT2D eigenvalue weighted by Crippen LogP contribution is -2.53. The quantitative estimate of drug-likeness (QED) is 0.630. The molecule has 0 aromatic heterocycles. The SMILES string of the molecule is COC1C(=O)CCC2(OC2O)C1C1(C)OC1CC=C(C)C. The second-order valence-corrected chi connectivity index (χ2v) is 6.83. The van der Waals surface area contributed by atoms with E-state index >= 15 is 0 Å². The number of ether oxygens (including phenoxy) is 3. The van der Waals surface area contributed by atoms with Crippen LogP contribution >= 0.6 is 0 Å². The van der Waals surface area contributed by atoms with Gasteiger partial charge in [-0.05, 0) is 33.6 Å². The van der Waals surface area contributed by atoms with Gasteiger partial charge in [-0.15, -0.1) is 0 Å². The molecule has 3 aliphatic rings. The standard InChI is InChI=1S/C16H24O5/c1-9(2)5-6-11-15(3,20-11)13-12(19-4)10(17)7-8-16(13)14(18)21-16/h5,11-14,18H,6-8H2,1-4H3. The molecule has 0 amide bonds. The molecule has 2 saturated heterocycles. The van der Waals surface area contributed by atoms with Crippen LogP contribution in [-0.2, 0) is 19.0 Å². The van der Waals surface area contributed by atoms with Crippen molar-refractivity contribution in [3.63, 3.8) is 0 Å². The molecule has 21 heavy (non-hydrogen) atoms. The third-order valence-electron chi connectivity index (χ3n) is 5.19. The fourth-order valence-electron chi connectivity index (χ4n) is 3.87. The first-order valence-electron chi connectivity index (χ1n) is 7.57. The van der Waals surface area contributed by atoms with Crippen molar-refractivity contribution in [1.82, 2.24) is 0 Å². The summed E-state index contributed by atoms with van der Waals surface area (Å²) in [6, 6.07) is 0. The summed E-state index contributed by atoms with van der Waals surface area (Å²) < 4.78 is 16.9. The molecule has 1 N–H and O–H groups in total.